The lowest BCUT2D eigenvalue weighted by atomic mass is 10.1. The molecule has 0 aromatic heterocycles. The molecule has 25 heavy (non-hydrogen) atoms. The topological polar surface area (TPSA) is 52.7 Å². The molecule has 0 saturated carbocycles. The smallest absolute Gasteiger partial charge is 0.253 e. The molecule has 1 heterocycles. The Hall–Kier alpha value is -1.88. The van der Waals surface area contributed by atoms with E-state index in [1.807, 2.05) is 41.0 Å². The largest absolute Gasteiger partial charge is 0.340 e. The van der Waals surface area contributed by atoms with Gasteiger partial charge in [0.1, 0.15) is 0 Å². The summed E-state index contributed by atoms with van der Waals surface area (Å²) in [5.74, 6) is 0.183. The van der Waals surface area contributed by atoms with Gasteiger partial charge in [0.15, 0.2) is 0 Å². The van der Waals surface area contributed by atoms with E-state index in [1.165, 1.54) is 0 Å². The molecule has 5 nitrogen and oxygen atoms in total. The van der Waals surface area contributed by atoms with Crippen LogP contribution in [0.4, 0.5) is 0 Å². The summed E-state index contributed by atoms with van der Waals surface area (Å²) in [7, 11) is 0. The van der Waals surface area contributed by atoms with E-state index in [2.05, 4.69) is 12.2 Å². The van der Waals surface area contributed by atoms with Gasteiger partial charge in [0, 0.05) is 51.3 Å². The second kappa shape index (κ2) is 10.2. The average Bonchev–Trinajstić information content (AvgIpc) is 2.65. The van der Waals surface area contributed by atoms with Crippen molar-refractivity contribution in [1.82, 2.24) is 15.1 Å². The molecule has 1 fully saturated rings. The standard InChI is InChI=1S/C20H31N3O2/c1-3-4-5-13-23(20(25)18-8-6-17(2)7-9-18)14-10-19(24)22-15-11-21-12-16-22/h6-9,21H,3-5,10-16H2,1-2H3. The van der Waals surface area contributed by atoms with Gasteiger partial charge in [-0.3, -0.25) is 9.59 Å². The summed E-state index contributed by atoms with van der Waals surface area (Å²) in [5.41, 5.74) is 1.85. The zero-order chi connectivity index (χ0) is 18.1. The number of nitrogens with one attached hydrogen (secondary N) is 1. The Bertz CT molecular complexity index is 551. The van der Waals surface area contributed by atoms with Crippen LogP contribution < -0.4 is 5.32 Å². The van der Waals surface area contributed by atoms with Gasteiger partial charge in [-0.25, -0.2) is 0 Å². The predicted molar refractivity (Wildman–Crippen MR) is 101 cm³/mol. The van der Waals surface area contributed by atoms with Crippen molar-refractivity contribution in [3.05, 3.63) is 35.4 Å². The number of unbranched alkanes of at least 4 members (excludes halogenated alkanes) is 2. The van der Waals surface area contributed by atoms with Crippen LogP contribution in [0.5, 0.6) is 0 Å². The first-order valence-electron chi connectivity index (χ1n) is 9.46. The van der Waals surface area contributed by atoms with Gasteiger partial charge in [-0.15, -0.1) is 0 Å². The number of nitrogens with zero attached hydrogens (tertiary/aromatic N) is 2. The van der Waals surface area contributed by atoms with Crippen molar-refractivity contribution in [2.24, 2.45) is 0 Å². The maximum Gasteiger partial charge on any atom is 0.253 e. The van der Waals surface area contributed by atoms with Crippen LogP contribution >= 0.6 is 0 Å². The van der Waals surface area contributed by atoms with E-state index in [-0.39, 0.29) is 11.8 Å². The molecule has 138 valence electrons. The molecule has 0 bridgehead atoms. The summed E-state index contributed by atoms with van der Waals surface area (Å²) in [4.78, 5) is 29.0. The van der Waals surface area contributed by atoms with E-state index in [9.17, 15) is 9.59 Å². The molecule has 0 aliphatic carbocycles. The Kier molecular flexibility index (Phi) is 7.92. The summed E-state index contributed by atoms with van der Waals surface area (Å²) in [5, 5.41) is 3.25. The van der Waals surface area contributed by atoms with Crippen LogP contribution in [-0.2, 0) is 4.79 Å². The lowest BCUT2D eigenvalue weighted by Crippen LogP contribution is -2.47. The number of amides is 2. The third-order valence-corrected chi connectivity index (χ3v) is 4.68. The minimum Gasteiger partial charge on any atom is -0.340 e. The molecule has 2 rings (SSSR count). The molecule has 0 unspecified atom stereocenters. The first kappa shape index (κ1) is 19.4. The summed E-state index contributed by atoms with van der Waals surface area (Å²) in [6, 6.07) is 7.68. The van der Waals surface area contributed by atoms with Gasteiger partial charge in [0.25, 0.3) is 5.91 Å². The highest BCUT2D eigenvalue weighted by molar-refractivity contribution is 5.94. The van der Waals surface area contributed by atoms with Crippen molar-refractivity contribution in [3.63, 3.8) is 0 Å². The maximum atomic E-state index is 12.8. The summed E-state index contributed by atoms with van der Waals surface area (Å²) < 4.78 is 0. The average molecular weight is 345 g/mol. The van der Waals surface area contributed by atoms with Crippen LogP contribution in [0.1, 0.15) is 48.5 Å². The monoisotopic (exact) mass is 345 g/mol. The second-order valence-electron chi connectivity index (χ2n) is 6.75. The Balaban J connectivity index is 1.95. The molecule has 2 amide bonds. The number of hydrogen-bond donors (Lipinski definition) is 1. The van der Waals surface area contributed by atoms with Gasteiger partial charge in [-0.05, 0) is 25.5 Å². The van der Waals surface area contributed by atoms with E-state index in [4.69, 9.17) is 0 Å². The van der Waals surface area contributed by atoms with Crippen LogP contribution in [0.2, 0.25) is 0 Å². The molecule has 1 saturated heterocycles. The molecule has 1 N–H and O–H groups in total. The predicted octanol–water partition coefficient (Wildman–Crippen LogP) is 2.45. The van der Waals surface area contributed by atoms with Crippen molar-refractivity contribution in [3.8, 4) is 0 Å². The molecule has 0 spiro atoms. The molecule has 1 aromatic rings. The fraction of sp³-hybridized carbons (Fsp3) is 0.600. The lowest BCUT2D eigenvalue weighted by Gasteiger charge is -2.29. The van der Waals surface area contributed by atoms with Gasteiger partial charge in [0.2, 0.25) is 5.91 Å². The number of rotatable bonds is 8. The van der Waals surface area contributed by atoms with Crippen molar-refractivity contribution in [2.45, 2.75) is 39.5 Å². The Morgan fingerprint density at radius 2 is 1.76 bits per heavy atom. The van der Waals surface area contributed by atoms with E-state index in [1.54, 1.807) is 0 Å². The van der Waals surface area contributed by atoms with Crippen molar-refractivity contribution >= 4 is 11.8 Å². The molecule has 0 radical (unpaired) electrons. The van der Waals surface area contributed by atoms with Gasteiger partial charge in [0.05, 0.1) is 0 Å². The quantitative estimate of drug-likeness (QED) is 0.736. The molecule has 0 atom stereocenters. The van der Waals surface area contributed by atoms with Crippen LogP contribution in [0.25, 0.3) is 0 Å². The van der Waals surface area contributed by atoms with Crippen LogP contribution in [0.3, 0.4) is 0 Å². The molecule has 5 heteroatoms. The molecular weight excluding hydrogens is 314 g/mol. The minimum atomic E-state index is 0.0317. The molecule has 1 aliphatic heterocycles. The number of carbonyl (C=O) groups excluding carboxylic acids is 2. The Morgan fingerprint density at radius 1 is 1.08 bits per heavy atom. The number of benzene rings is 1. The van der Waals surface area contributed by atoms with Crippen molar-refractivity contribution < 1.29 is 9.59 Å². The third-order valence-electron chi connectivity index (χ3n) is 4.68. The lowest BCUT2D eigenvalue weighted by molar-refractivity contribution is -0.131. The maximum absolute atomic E-state index is 12.8. The highest BCUT2D eigenvalue weighted by Gasteiger charge is 2.20. The highest BCUT2D eigenvalue weighted by atomic mass is 16.2. The zero-order valence-corrected chi connectivity index (χ0v) is 15.6. The van der Waals surface area contributed by atoms with Gasteiger partial charge >= 0.3 is 0 Å². The fourth-order valence-electron chi connectivity index (χ4n) is 3.05. The Labute approximate surface area is 151 Å². The summed E-state index contributed by atoms with van der Waals surface area (Å²) >= 11 is 0. The van der Waals surface area contributed by atoms with Crippen molar-refractivity contribution in [1.29, 1.82) is 0 Å². The van der Waals surface area contributed by atoms with Crippen molar-refractivity contribution in [2.75, 3.05) is 39.3 Å². The normalized spacial score (nSPS) is 14.4. The fourth-order valence-corrected chi connectivity index (χ4v) is 3.05. The van der Waals surface area contributed by atoms with E-state index >= 15 is 0 Å². The van der Waals surface area contributed by atoms with E-state index in [0.29, 0.717) is 18.5 Å². The molecular formula is C20H31N3O2. The molecule has 1 aliphatic rings. The van der Waals surface area contributed by atoms with Gasteiger partial charge < -0.3 is 15.1 Å². The minimum absolute atomic E-state index is 0.0317. The van der Waals surface area contributed by atoms with E-state index < -0.39 is 0 Å². The third kappa shape index (κ3) is 6.16. The highest BCUT2D eigenvalue weighted by Crippen LogP contribution is 2.10. The number of carbonyl (C=O) groups is 2. The first-order chi connectivity index (χ1) is 12.1. The molecule has 1 aromatic carbocycles. The number of piperazine rings is 1. The number of hydrogen-bond acceptors (Lipinski definition) is 3. The second-order valence-corrected chi connectivity index (χ2v) is 6.75. The van der Waals surface area contributed by atoms with Gasteiger partial charge in [-0.2, -0.15) is 0 Å². The van der Waals surface area contributed by atoms with E-state index in [0.717, 1.165) is 57.5 Å². The van der Waals surface area contributed by atoms with Crippen LogP contribution in [-0.4, -0.2) is 60.9 Å². The Morgan fingerprint density at radius 3 is 2.40 bits per heavy atom. The van der Waals surface area contributed by atoms with Crippen LogP contribution in [0.15, 0.2) is 24.3 Å². The SMILES string of the molecule is CCCCCN(CCC(=O)N1CCNCC1)C(=O)c1ccc(C)cc1. The summed E-state index contributed by atoms with van der Waals surface area (Å²) in [6.45, 7) is 8.62. The summed E-state index contributed by atoms with van der Waals surface area (Å²) in [6.07, 6.45) is 3.61. The first-order valence-corrected chi connectivity index (χ1v) is 9.46. The van der Waals surface area contributed by atoms with Crippen LogP contribution in [0, 0.1) is 6.92 Å². The zero-order valence-electron chi connectivity index (χ0n) is 15.6. The number of aryl methyl sites for hydroxylation is 1. The van der Waals surface area contributed by atoms with Gasteiger partial charge in [-0.1, -0.05) is 37.5 Å².